The number of sulfonamides is 1. The number of hydrogen-bond acceptors (Lipinski definition) is 7. The Kier molecular flexibility index (Phi) is 5.07. The van der Waals surface area contributed by atoms with Crippen molar-refractivity contribution >= 4 is 27.5 Å². The van der Waals surface area contributed by atoms with Crippen LogP contribution in [0.3, 0.4) is 0 Å². The first-order valence-corrected chi connectivity index (χ1v) is 10.4. The number of rotatable bonds is 5. The molecule has 0 saturated carbocycles. The van der Waals surface area contributed by atoms with Gasteiger partial charge in [0.25, 0.3) is 10.0 Å². The Hall–Kier alpha value is -3.20. The lowest BCUT2D eigenvalue weighted by atomic mass is 10.3. The first-order chi connectivity index (χ1) is 13.6. The summed E-state index contributed by atoms with van der Waals surface area (Å²) in [7, 11) is -3.64. The maximum absolute atomic E-state index is 12.4. The summed E-state index contributed by atoms with van der Waals surface area (Å²) in [6.07, 6.45) is 5.18. The third-order valence-electron chi connectivity index (χ3n) is 4.52. The second-order valence-corrected chi connectivity index (χ2v) is 8.03. The monoisotopic (exact) mass is 396 g/mol. The molecule has 1 aliphatic heterocycles. The van der Waals surface area contributed by atoms with Crippen LogP contribution in [-0.4, -0.2) is 49.5 Å². The SMILES string of the molecule is O=S(=O)(Nc1ccc(N2CCN(c3ncccn3)CC2)cn1)c1ccccc1. The van der Waals surface area contributed by atoms with E-state index in [4.69, 9.17) is 0 Å². The van der Waals surface area contributed by atoms with Gasteiger partial charge in [-0.15, -0.1) is 0 Å². The van der Waals surface area contributed by atoms with Crippen LogP contribution in [0.4, 0.5) is 17.5 Å². The Morgan fingerprint density at radius 1 is 0.786 bits per heavy atom. The van der Waals surface area contributed by atoms with Crippen LogP contribution in [0.1, 0.15) is 0 Å². The molecule has 28 heavy (non-hydrogen) atoms. The molecule has 1 N–H and O–H groups in total. The second-order valence-electron chi connectivity index (χ2n) is 6.34. The van der Waals surface area contributed by atoms with E-state index in [0.717, 1.165) is 37.8 Å². The lowest BCUT2D eigenvalue weighted by molar-refractivity contribution is 0.601. The van der Waals surface area contributed by atoms with Gasteiger partial charge < -0.3 is 9.80 Å². The van der Waals surface area contributed by atoms with Crippen molar-refractivity contribution in [3.8, 4) is 0 Å². The van der Waals surface area contributed by atoms with Gasteiger partial charge in [-0.3, -0.25) is 4.72 Å². The van der Waals surface area contributed by atoms with Crippen LogP contribution in [0.5, 0.6) is 0 Å². The van der Waals surface area contributed by atoms with Crippen molar-refractivity contribution in [2.24, 2.45) is 0 Å². The first-order valence-electron chi connectivity index (χ1n) is 8.93. The summed E-state index contributed by atoms with van der Waals surface area (Å²) in [5, 5.41) is 0. The zero-order valence-corrected chi connectivity index (χ0v) is 16.0. The minimum atomic E-state index is -3.64. The maximum Gasteiger partial charge on any atom is 0.263 e. The molecule has 1 saturated heterocycles. The molecule has 2 aromatic heterocycles. The molecule has 4 rings (SSSR count). The number of hydrogen-bond donors (Lipinski definition) is 1. The Balaban J connectivity index is 1.39. The summed E-state index contributed by atoms with van der Waals surface area (Å²) >= 11 is 0. The topological polar surface area (TPSA) is 91.3 Å². The van der Waals surface area contributed by atoms with E-state index in [1.54, 1.807) is 61.1 Å². The van der Waals surface area contributed by atoms with Gasteiger partial charge in [0, 0.05) is 38.6 Å². The molecule has 3 heterocycles. The third kappa shape index (κ3) is 4.04. The molecule has 1 aliphatic rings. The van der Waals surface area contributed by atoms with Crippen LogP contribution >= 0.6 is 0 Å². The standard InChI is InChI=1S/C19H20N6O2S/c26-28(27,17-5-2-1-3-6-17)23-18-8-7-16(15-22-18)24-11-13-25(14-12-24)19-20-9-4-10-21-19/h1-10,15H,11-14H2,(H,22,23). The van der Waals surface area contributed by atoms with Gasteiger partial charge >= 0.3 is 0 Å². The molecule has 0 aliphatic carbocycles. The van der Waals surface area contributed by atoms with E-state index in [1.807, 2.05) is 6.07 Å². The van der Waals surface area contributed by atoms with E-state index in [1.165, 1.54) is 0 Å². The average molecular weight is 396 g/mol. The molecule has 0 spiro atoms. The summed E-state index contributed by atoms with van der Waals surface area (Å²) in [5.41, 5.74) is 0.955. The first kappa shape index (κ1) is 18.2. The third-order valence-corrected chi connectivity index (χ3v) is 5.89. The Labute approximate surface area is 163 Å². The molecule has 8 nitrogen and oxygen atoms in total. The number of nitrogens with zero attached hydrogens (tertiary/aromatic N) is 5. The van der Waals surface area contributed by atoms with Gasteiger partial charge in [0.05, 0.1) is 16.8 Å². The zero-order chi connectivity index (χ0) is 19.4. The zero-order valence-electron chi connectivity index (χ0n) is 15.1. The molecular formula is C19H20N6O2S. The van der Waals surface area contributed by atoms with Crippen LogP contribution < -0.4 is 14.5 Å². The normalized spacial score (nSPS) is 14.7. The molecule has 0 radical (unpaired) electrons. The van der Waals surface area contributed by atoms with Crippen LogP contribution in [0.15, 0.2) is 72.0 Å². The number of pyridine rings is 1. The fourth-order valence-corrected chi connectivity index (χ4v) is 4.08. The van der Waals surface area contributed by atoms with Crippen molar-refractivity contribution in [2.75, 3.05) is 40.7 Å². The number of benzene rings is 1. The summed E-state index contributed by atoms with van der Waals surface area (Å²) in [5.74, 6) is 1.04. The maximum atomic E-state index is 12.4. The second kappa shape index (κ2) is 7.81. The summed E-state index contributed by atoms with van der Waals surface area (Å²) < 4.78 is 27.3. The highest BCUT2D eigenvalue weighted by atomic mass is 32.2. The van der Waals surface area contributed by atoms with Crippen LogP contribution in [0, 0.1) is 0 Å². The number of aromatic nitrogens is 3. The van der Waals surface area contributed by atoms with Gasteiger partial charge in [0.1, 0.15) is 5.82 Å². The number of nitrogens with one attached hydrogen (secondary N) is 1. The fraction of sp³-hybridized carbons (Fsp3) is 0.211. The van der Waals surface area contributed by atoms with Crippen LogP contribution in [0.2, 0.25) is 0 Å². The van der Waals surface area contributed by atoms with Gasteiger partial charge in [-0.2, -0.15) is 0 Å². The van der Waals surface area contributed by atoms with Gasteiger partial charge in [-0.25, -0.2) is 23.4 Å². The van der Waals surface area contributed by atoms with E-state index >= 15 is 0 Å². The van der Waals surface area contributed by atoms with Crippen molar-refractivity contribution in [1.29, 1.82) is 0 Å². The van der Waals surface area contributed by atoms with Gasteiger partial charge in [-0.05, 0) is 30.3 Å². The van der Waals surface area contributed by atoms with Crippen molar-refractivity contribution in [2.45, 2.75) is 4.90 Å². The average Bonchev–Trinajstić information content (AvgIpc) is 2.75. The van der Waals surface area contributed by atoms with E-state index in [0.29, 0.717) is 5.82 Å². The van der Waals surface area contributed by atoms with Crippen LogP contribution in [-0.2, 0) is 10.0 Å². The van der Waals surface area contributed by atoms with E-state index in [2.05, 4.69) is 29.5 Å². The molecule has 1 aromatic carbocycles. The van der Waals surface area contributed by atoms with E-state index in [9.17, 15) is 8.42 Å². The molecular weight excluding hydrogens is 376 g/mol. The summed E-state index contributed by atoms with van der Waals surface area (Å²) in [4.78, 5) is 17.4. The molecule has 0 atom stereocenters. The van der Waals surface area contributed by atoms with Crippen molar-refractivity contribution in [1.82, 2.24) is 15.0 Å². The predicted molar refractivity (Wildman–Crippen MR) is 108 cm³/mol. The predicted octanol–water partition coefficient (Wildman–Crippen LogP) is 2.00. The van der Waals surface area contributed by atoms with Crippen molar-refractivity contribution < 1.29 is 8.42 Å². The lowest BCUT2D eigenvalue weighted by Crippen LogP contribution is -2.47. The van der Waals surface area contributed by atoms with Gasteiger partial charge in [0.15, 0.2) is 0 Å². The Morgan fingerprint density at radius 2 is 1.46 bits per heavy atom. The summed E-state index contributed by atoms with van der Waals surface area (Å²) in [6.45, 7) is 3.25. The minimum Gasteiger partial charge on any atom is -0.367 e. The Bertz CT molecular complexity index is 1010. The van der Waals surface area contributed by atoms with Gasteiger partial charge in [-0.1, -0.05) is 18.2 Å². The molecule has 0 unspecified atom stereocenters. The highest BCUT2D eigenvalue weighted by Gasteiger charge is 2.20. The van der Waals surface area contributed by atoms with E-state index in [-0.39, 0.29) is 4.90 Å². The highest BCUT2D eigenvalue weighted by Crippen LogP contribution is 2.20. The van der Waals surface area contributed by atoms with Crippen molar-refractivity contribution in [3.05, 3.63) is 67.1 Å². The molecule has 3 aromatic rings. The molecule has 1 fully saturated rings. The Morgan fingerprint density at radius 3 is 2.11 bits per heavy atom. The molecule has 9 heteroatoms. The number of piperazine rings is 1. The van der Waals surface area contributed by atoms with Crippen LogP contribution in [0.25, 0.3) is 0 Å². The highest BCUT2D eigenvalue weighted by molar-refractivity contribution is 7.92. The smallest absolute Gasteiger partial charge is 0.263 e. The lowest BCUT2D eigenvalue weighted by Gasteiger charge is -2.35. The quantitative estimate of drug-likeness (QED) is 0.705. The molecule has 0 amide bonds. The van der Waals surface area contributed by atoms with E-state index < -0.39 is 10.0 Å². The van der Waals surface area contributed by atoms with Gasteiger partial charge in [0.2, 0.25) is 5.95 Å². The molecule has 144 valence electrons. The largest absolute Gasteiger partial charge is 0.367 e. The minimum absolute atomic E-state index is 0.208. The summed E-state index contributed by atoms with van der Waals surface area (Å²) in [6, 6.07) is 13.6. The van der Waals surface area contributed by atoms with Crippen molar-refractivity contribution in [3.63, 3.8) is 0 Å². The number of anilines is 3. The fourth-order valence-electron chi connectivity index (χ4n) is 3.05. The molecule has 0 bridgehead atoms.